The Balaban J connectivity index is 1.51. The van der Waals surface area contributed by atoms with Crippen molar-refractivity contribution >= 4 is 90.2 Å². The van der Waals surface area contributed by atoms with Gasteiger partial charge in [0.1, 0.15) is 12.4 Å². The molecular formula is C25H17ClI2N2O2S. The topological polar surface area (TPSA) is 43.6 Å². The van der Waals surface area contributed by atoms with E-state index in [1.54, 1.807) is 4.40 Å². The first-order valence-electron chi connectivity index (χ1n) is 10.1. The molecule has 33 heavy (non-hydrogen) atoms. The number of rotatable bonds is 4. The van der Waals surface area contributed by atoms with Gasteiger partial charge in [0.2, 0.25) is 0 Å². The molecule has 5 aromatic rings. The molecule has 0 aliphatic carbocycles. The second-order valence-corrected chi connectivity index (χ2v) is 11.5. The molecular weight excluding hydrogens is 682 g/mol. The van der Waals surface area contributed by atoms with Gasteiger partial charge in [-0.15, -0.1) is 0 Å². The van der Waals surface area contributed by atoms with Crippen molar-refractivity contribution in [3.63, 3.8) is 0 Å². The zero-order chi connectivity index (χ0) is 23.3. The van der Waals surface area contributed by atoms with Crippen LogP contribution in [0.25, 0.3) is 22.1 Å². The maximum absolute atomic E-state index is 13.2. The molecule has 8 heteroatoms. The summed E-state index contributed by atoms with van der Waals surface area (Å²) in [4.78, 5) is 18.6. The summed E-state index contributed by atoms with van der Waals surface area (Å²) in [5, 5.41) is 0.691. The fourth-order valence-electron chi connectivity index (χ4n) is 3.64. The van der Waals surface area contributed by atoms with Crippen LogP contribution >= 0.6 is 68.1 Å². The number of aryl methyl sites for hydroxylation is 2. The smallest absolute Gasteiger partial charge is 0.274 e. The highest BCUT2D eigenvalue weighted by Gasteiger charge is 2.14. The van der Waals surface area contributed by atoms with Crippen LogP contribution in [0.4, 0.5) is 0 Å². The van der Waals surface area contributed by atoms with Crippen molar-refractivity contribution in [3.8, 4) is 5.75 Å². The van der Waals surface area contributed by atoms with Crippen LogP contribution in [0.15, 0.2) is 53.3 Å². The predicted molar refractivity (Wildman–Crippen MR) is 153 cm³/mol. The molecule has 0 spiro atoms. The molecule has 3 aromatic carbocycles. The van der Waals surface area contributed by atoms with Crippen LogP contribution in [-0.2, 0) is 6.61 Å². The van der Waals surface area contributed by atoms with Crippen LogP contribution in [0.2, 0.25) is 5.02 Å². The Hall–Kier alpha value is -1.69. The lowest BCUT2D eigenvalue weighted by atomic mass is 10.1. The van der Waals surface area contributed by atoms with Gasteiger partial charge < -0.3 is 4.74 Å². The highest BCUT2D eigenvalue weighted by Crippen LogP contribution is 2.31. The number of benzene rings is 3. The van der Waals surface area contributed by atoms with E-state index in [2.05, 4.69) is 64.0 Å². The van der Waals surface area contributed by atoms with Crippen LogP contribution in [0, 0.1) is 21.0 Å². The maximum atomic E-state index is 13.2. The number of ether oxygens (including phenoxy) is 1. The minimum absolute atomic E-state index is 0.0372. The first-order chi connectivity index (χ1) is 15.8. The van der Waals surface area contributed by atoms with E-state index in [-0.39, 0.29) is 5.56 Å². The van der Waals surface area contributed by atoms with Crippen LogP contribution in [0.3, 0.4) is 0 Å². The Bertz CT molecular complexity index is 1640. The third-order valence-corrected chi connectivity index (χ3v) is 8.44. The van der Waals surface area contributed by atoms with Crippen molar-refractivity contribution in [1.29, 1.82) is 0 Å². The number of thiazole rings is 1. The highest BCUT2D eigenvalue weighted by atomic mass is 127. The van der Waals surface area contributed by atoms with E-state index < -0.39 is 0 Å². The molecule has 4 nitrogen and oxygen atoms in total. The summed E-state index contributed by atoms with van der Waals surface area (Å²) in [6, 6.07) is 15.8. The Kier molecular flexibility index (Phi) is 6.41. The van der Waals surface area contributed by atoms with Gasteiger partial charge in [-0.3, -0.25) is 4.79 Å². The Morgan fingerprint density at radius 2 is 1.79 bits per heavy atom. The summed E-state index contributed by atoms with van der Waals surface area (Å²) in [5.41, 5.74) is 5.90. The maximum Gasteiger partial charge on any atom is 0.274 e. The number of fused-ring (bicyclic) bond motifs is 3. The van der Waals surface area contributed by atoms with E-state index in [4.69, 9.17) is 16.3 Å². The third kappa shape index (κ3) is 4.40. The van der Waals surface area contributed by atoms with Gasteiger partial charge in [-0.05, 0) is 112 Å². The van der Waals surface area contributed by atoms with E-state index >= 15 is 0 Å². The molecule has 0 aliphatic rings. The van der Waals surface area contributed by atoms with Gasteiger partial charge in [0.15, 0.2) is 4.96 Å². The normalized spacial score (nSPS) is 12.2. The quantitative estimate of drug-likeness (QED) is 0.201. The summed E-state index contributed by atoms with van der Waals surface area (Å²) in [6.45, 7) is 4.51. The lowest BCUT2D eigenvalue weighted by Gasteiger charge is -2.12. The van der Waals surface area contributed by atoms with E-state index in [0.29, 0.717) is 16.2 Å². The van der Waals surface area contributed by atoms with Gasteiger partial charge in [-0.1, -0.05) is 41.1 Å². The zero-order valence-corrected chi connectivity index (χ0v) is 23.5. The first kappa shape index (κ1) is 23.1. The molecule has 0 aliphatic heterocycles. The molecule has 2 heterocycles. The molecule has 2 aromatic heterocycles. The molecule has 0 amide bonds. The first-order valence-corrected chi connectivity index (χ1v) is 13.5. The number of aromatic nitrogens is 2. The average Bonchev–Trinajstić information content (AvgIpc) is 3.25. The number of halogens is 3. The van der Waals surface area contributed by atoms with Gasteiger partial charge in [0, 0.05) is 10.6 Å². The molecule has 0 bridgehead atoms. The second-order valence-electron chi connectivity index (χ2n) is 7.76. The monoisotopic (exact) mass is 698 g/mol. The molecule has 5 rings (SSSR count). The summed E-state index contributed by atoms with van der Waals surface area (Å²) in [5.74, 6) is 0.813. The molecule has 0 saturated carbocycles. The van der Waals surface area contributed by atoms with Gasteiger partial charge in [-0.25, -0.2) is 9.38 Å². The number of imidazole rings is 1. The van der Waals surface area contributed by atoms with Gasteiger partial charge in [0.05, 0.1) is 22.7 Å². The molecule has 0 radical (unpaired) electrons. The Morgan fingerprint density at radius 1 is 1.09 bits per heavy atom. The predicted octanol–water partition coefficient (Wildman–Crippen LogP) is 6.52. The summed E-state index contributed by atoms with van der Waals surface area (Å²) >= 11 is 12.2. The number of hydrogen-bond donors (Lipinski definition) is 0. The molecule has 0 saturated heterocycles. The summed E-state index contributed by atoms with van der Waals surface area (Å²) in [7, 11) is 0. The van der Waals surface area contributed by atoms with E-state index in [1.165, 1.54) is 16.9 Å². The standard InChI is InChI=1S/C25H17ClI2N2O2S/c1-13-7-20-21(8-14(13)2)30-24(31)22(33-25(30)29-20)11-15-9-18(27)23(19(28)10-15)32-12-16-5-3-4-6-17(16)26/h3-11H,12H2,1-2H3/b22-11-. The van der Waals surface area contributed by atoms with E-state index in [0.717, 1.165) is 45.6 Å². The minimum atomic E-state index is -0.0372. The average molecular weight is 699 g/mol. The third-order valence-electron chi connectivity index (χ3n) is 5.50. The summed E-state index contributed by atoms with van der Waals surface area (Å²) in [6.07, 6.45) is 1.93. The van der Waals surface area contributed by atoms with Gasteiger partial charge in [0.25, 0.3) is 5.56 Å². The Morgan fingerprint density at radius 3 is 2.52 bits per heavy atom. The van der Waals surface area contributed by atoms with Crippen LogP contribution in [0.1, 0.15) is 22.3 Å². The van der Waals surface area contributed by atoms with Crippen LogP contribution in [0.5, 0.6) is 5.75 Å². The molecule has 166 valence electrons. The van der Waals surface area contributed by atoms with Crippen molar-refractivity contribution in [2.45, 2.75) is 20.5 Å². The molecule has 0 fully saturated rings. The van der Waals surface area contributed by atoms with Gasteiger partial charge in [-0.2, -0.15) is 0 Å². The largest absolute Gasteiger partial charge is 0.487 e. The van der Waals surface area contributed by atoms with Crippen molar-refractivity contribution < 1.29 is 4.74 Å². The highest BCUT2D eigenvalue weighted by molar-refractivity contribution is 14.1. The fraction of sp³-hybridized carbons (Fsp3) is 0.120. The number of nitrogens with zero attached hydrogens (tertiary/aromatic N) is 2. The second kappa shape index (κ2) is 9.16. The van der Waals surface area contributed by atoms with E-state index in [9.17, 15) is 4.79 Å². The summed E-state index contributed by atoms with van der Waals surface area (Å²) < 4.78 is 10.4. The van der Waals surface area contributed by atoms with Crippen molar-refractivity contribution in [1.82, 2.24) is 9.38 Å². The molecule has 0 unspecified atom stereocenters. The minimum Gasteiger partial charge on any atom is -0.487 e. The van der Waals surface area contributed by atoms with Crippen molar-refractivity contribution in [2.24, 2.45) is 0 Å². The molecule has 0 atom stereocenters. The van der Waals surface area contributed by atoms with E-state index in [1.807, 2.05) is 54.6 Å². The van der Waals surface area contributed by atoms with Crippen LogP contribution < -0.4 is 14.8 Å². The van der Waals surface area contributed by atoms with Crippen molar-refractivity contribution in [2.75, 3.05) is 0 Å². The zero-order valence-electron chi connectivity index (χ0n) is 17.7. The van der Waals surface area contributed by atoms with Gasteiger partial charge >= 0.3 is 0 Å². The Labute approximate surface area is 226 Å². The fourth-order valence-corrected chi connectivity index (χ4v) is 6.94. The lowest BCUT2D eigenvalue weighted by Crippen LogP contribution is -2.22. The SMILES string of the molecule is Cc1cc2nc3s/c(=C\c4cc(I)c(OCc5ccccc5Cl)c(I)c4)c(=O)n3c2cc1C. The molecule has 0 N–H and O–H groups in total. The van der Waals surface area contributed by atoms with Crippen LogP contribution in [-0.4, -0.2) is 9.38 Å². The number of hydrogen-bond acceptors (Lipinski definition) is 4. The lowest BCUT2D eigenvalue weighted by molar-refractivity contribution is 0.302. The van der Waals surface area contributed by atoms with Crippen molar-refractivity contribution in [3.05, 3.63) is 97.8 Å².